The first-order valence-electron chi connectivity index (χ1n) is 6.70. The van der Waals surface area contributed by atoms with Gasteiger partial charge in [0.25, 0.3) is 0 Å². The number of hydrogen-bond donors (Lipinski definition) is 1. The van der Waals surface area contributed by atoms with Gasteiger partial charge in [-0.25, -0.2) is 4.98 Å². The zero-order valence-electron chi connectivity index (χ0n) is 11.8. The van der Waals surface area contributed by atoms with E-state index >= 15 is 0 Å². The number of thiazole rings is 1. The minimum atomic E-state index is 0.685. The Hall–Kier alpha value is -1.26. The maximum absolute atomic E-state index is 4.66. The Morgan fingerprint density at radius 1 is 1.26 bits per heavy atom. The first kappa shape index (κ1) is 14.2. The average molecular weight is 275 g/mol. The minimum Gasteiger partial charge on any atom is -0.312 e. The molecular weight excluding hydrogens is 254 g/mol. The van der Waals surface area contributed by atoms with Crippen LogP contribution in [0.25, 0.3) is 0 Å². The summed E-state index contributed by atoms with van der Waals surface area (Å²) in [6.45, 7) is 8.52. The second kappa shape index (κ2) is 6.78. The van der Waals surface area contributed by atoms with E-state index in [2.05, 4.69) is 36.1 Å². The molecule has 2 heterocycles. The van der Waals surface area contributed by atoms with E-state index < -0.39 is 0 Å². The van der Waals surface area contributed by atoms with Crippen LogP contribution in [0.5, 0.6) is 0 Å². The summed E-state index contributed by atoms with van der Waals surface area (Å²) >= 11 is 1.81. The maximum Gasteiger partial charge on any atom is 0.0975 e. The zero-order chi connectivity index (χ0) is 13.7. The summed E-state index contributed by atoms with van der Waals surface area (Å²) in [6, 6.07) is 4.10. The SMILES string of the molecule is Cc1nc(Cc2ccncc2)sc1CNCC(C)C. The lowest BCUT2D eigenvalue weighted by Crippen LogP contribution is -2.18. The Bertz CT molecular complexity index is 505. The van der Waals surface area contributed by atoms with Crippen LogP contribution in [0, 0.1) is 12.8 Å². The van der Waals surface area contributed by atoms with Crippen LogP contribution in [0.2, 0.25) is 0 Å². The molecule has 0 fully saturated rings. The van der Waals surface area contributed by atoms with Gasteiger partial charge in [-0.1, -0.05) is 13.8 Å². The maximum atomic E-state index is 4.66. The molecule has 0 saturated heterocycles. The number of nitrogens with zero attached hydrogens (tertiary/aromatic N) is 2. The van der Waals surface area contributed by atoms with Crippen LogP contribution in [0.3, 0.4) is 0 Å². The van der Waals surface area contributed by atoms with Gasteiger partial charge in [0.1, 0.15) is 0 Å². The molecule has 2 aromatic heterocycles. The van der Waals surface area contributed by atoms with Crippen molar-refractivity contribution in [2.75, 3.05) is 6.54 Å². The lowest BCUT2D eigenvalue weighted by Gasteiger charge is -2.05. The van der Waals surface area contributed by atoms with Crippen LogP contribution in [0.15, 0.2) is 24.5 Å². The smallest absolute Gasteiger partial charge is 0.0975 e. The van der Waals surface area contributed by atoms with Gasteiger partial charge in [-0.15, -0.1) is 11.3 Å². The van der Waals surface area contributed by atoms with E-state index in [0.717, 1.165) is 25.2 Å². The number of aromatic nitrogens is 2. The van der Waals surface area contributed by atoms with Gasteiger partial charge in [-0.3, -0.25) is 4.98 Å². The molecule has 0 spiro atoms. The summed E-state index contributed by atoms with van der Waals surface area (Å²) in [5.41, 5.74) is 2.43. The molecular formula is C15H21N3S. The molecule has 2 rings (SSSR count). The molecule has 0 atom stereocenters. The number of rotatable bonds is 6. The summed E-state index contributed by atoms with van der Waals surface area (Å²) in [5, 5.41) is 4.66. The van der Waals surface area contributed by atoms with Crippen molar-refractivity contribution in [1.29, 1.82) is 0 Å². The molecule has 0 aliphatic carbocycles. The second-order valence-electron chi connectivity index (χ2n) is 5.17. The average Bonchev–Trinajstić information content (AvgIpc) is 2.70. The van der Waals surface area contributed by atoms with Crippen molar-refractivity contribution in [2.24, 2.45) is 5.92 Å². The molecule has 0 saturated carbocycles. The highest BCUT2D eigenvalue weighted by atomic mass is 32.1. The molecule has 0 amide bonds. The highest BCUT2D eigenvalue weighted by Gasteiger charge is 2.08. The number of nitrogens with one attached hydrogen (secondary N) is 1. The standard InChI is InChI=1S/C15H21N3S/c1-11(2)9-17-10-14-12(3)18-15(19-14)8-13-4-6-16-7-5-13/h4-7,11,17H,8-10H2,1-3H3. The first-order chi connectivity index (χ1) is 9.15. The van der Waals surface area contributed by atoms with Gasteiger partial charge in [-0.2, -0.15) is 0 Å². The van der Waals surface area contributed by atoms with Gasteiger partial charge in [0.2, 0.25) is 0 Å². The van der Waals surface area contributed by atoms with Gasteiger partial charge in [0.05, 0.1) is 10.7 Å². The van der Waals surface area contributed by atoms with E-state index in [1.807, 2.05) is 35.9 Å². The Balaban J connectivity index is 1.96. The highest BCUT2D eigenvalue weighted by molar-refractivity contribution is 7.11. The van der Waals surface area contributed by atoms with Crippen LogP contribution in [0.4, 0.5) is 0 Å². The van der Waals surface area contributed by atoms with Crippen LogP contribution in [0.1, 0.15) is 35.0 Å². The van der Waals surface area contributed by atoms with Gasteiger partial charge in [0.15, 0.2) is 0 Å². The Morgan fingerprint density at radius 2 is 2.00 bits per heavy atom. The lowest BCUT2D eigenvalue weighted by atomic mass is 10.2. The van der Waals surface area contributed by atoms with Crippen molar-refractivity contribution in [2.45, 2.75) is 33.7 Å². The molecule has 19 heavy (non-hydrogen) atoms. The van der Waals surface area contributed by atoms with Gasteiger partial charge >= 0.3 is 0 Å². The zero-order valence-corrected chi connectivity index (χ0v) is 12.6. The predicted octanol–water partition coefficient (Wildman–Crippen LogP) is 3.18. The van der Waals surface area contributed by atoms with E-state index in [4.69, 9.17) is 0 Å². The minimum absolute atomic E-state index is 0.685. The third kappa shape index (κ3) is 4.40. The molecule has 0 radical (unpaired) electrons. The van der Waals surface area contributed by atoms with E-state index in [-0.39, 0.29) is 0 Å². The van der Waals surface area contributed by atoms with Crippen LogP contribution in [-0.4, -0.2) is 16.5 Å². The highest BCUT2D eigenvalue weighted by Crippen LogP contribution is 2.20. The quantitative estimate of drug-likeness (QED) is 0.880. The number of pyridine rings is 1. The summed E-state index contributed by atoms with van der Waals surface area (Å²) in [4.78, 5) is 10.1. The van der Waals surface area contributed by atoms with Crippen molar-refractivity contribution in [1.82, 2.24) is 15.3 Å². The molecule has 3 nitrogen and oxygen atoms in total. The first-order valence-corrected chi connectivity index (χ1v) is 7.51. The van der Waals surface area contributed by atoms with E-state index in [1.165, 1.54) is 15.4 Å². The molecule has 0 bridgehead atoms. The summed E-state index contributed by atoms with van der Waals surface area (Å²) < 4.78 is 0. The van der Waals surface area contributed by atoms with Gasteiger partial charge < -0.3 is 5.32 Å². The monoisotopic (exact) mass is 275 g/mol. The van der Waals surface area contributed by atoms with Gasteiger partial charge in [-0.05, 0) is 37.1 Å². The van der Waals surface area contributed by atoms with E-state index in [9.17, 15) is 0 Å². The van der Waals surface area contributed by atoms with Crippen molar-refractivity contribution >= 4 is 11.3 Å². The molecule has 0 aromatic carbocycles. The molecule has 0 aliphatic heterocycles. The third-order valence-corrected chi connectivity index (χ3v) is 4.04. The predicted molar refractivity (Wildman–Crippen MR) is 80.4 cm³/mol. The van der Waals surface area contributed by atoms with Crippen molar-refractivity contribution in [3.63, 3.8) is 0 Å². The van der Waals surface area contributed by atoms with Crippen LogP contribution >= 0.6 is 11.3 Å². The van der Waals surface area contributed by atoms with Gasteiger partial charge in [0, 0.05) is 30.2 Å². The normalized spacial score (nSPS) is 11.2. The number of hydrogen-bond acceptors (Lipinski definition) is 4. The van der Waals surface area contributed by atoms with Crippen molar-refractivity contribution in [3.8, 4) is 0 Å². The largest absolute Gasteiger partial charge is 0.312 e. The third-order valence-electron chi connectivity index (χ3n) is 2.88. The van der Waals surface area contributed by atoms with Crippen molar-refractivity contribution < 1.29 is 0 Å². The summed E-state index contributed by atoms with van der Waals surface area (Å²) in [6.07, 6.45) is 4.57. The fourth-order valence-corrected chi connectivity index (χ4v) is 2.95. The molecule has 0 unspecified atom stereocenters. The Labute approximate surface area is 119 Å². The van der Waals surface area contributed by atoms with Crippen LogP contribution in [-0.2, 0) is 13.0 Å². The lowest BCUT2D eigenvalue weighted by molar-refractivity contribution is 0.554. The summed E-state index contributed by atoms with van der Waals surface area (Å²) in [5.74, 6) is 0.685. The molecule has 102 valence electrons. The second-order valence-corrected chi connectivity index (χ2v) is 6.34. The topological polar surface area (TPSA) is 37.8 Å². The Morgan fingerprint density at radius 3 is 2.68 bits per heavy atom. The Kier molecular flexibility index (Phi) is 5.05. The molecule has 2 aromatic rings. The molecule has 4 heteroatoms. The fourth-order valence-electron chi connectivity index (χ4n) is 1.88. The van der Waals surface area contributed by atoms with E-state index in [0.29, 0.717) is 5.92 Å². The number of aryl methyl sites for hydroxylation is 1. The molecule has 1 N–H and O–H groups in total. The summed E-state index contributed by atoms with van der Waals surface area (Å²) in [7, 11) is 0. The molecule has 0 aliphatic rings. The van der Waals surface area contributed by atoms with E-state index in [1.54, 1.807) is 0 Å². The van der Waals surface area contributed by atoms with Crippen molar-refractivity contribution in [3.05, 3.63) is 45.7 Å². The van der Waals surface area contributed by atoms with Crippen LogP contribution < -0.4 is 5.32 Å². The fraction of sp³-hybridized carbons (Fsp3) is 0.467.